The lowest BCUT2D eigenvalue weighted by Gasteiger charge is -2.29. The van der Waals surface area contributed by atoms with Gasteiger partial charge in [-0.1, -0.05) is 6.92 Å². The van der Waals surface area contributed by atoms with Crippen molar-refractivity contribution in [1.29, 1.82) is 0 Å². The van der Waals surface area contributed by atoms with E-state index in [1.807, 2.05) is 11.8 Å². The molecule has 0 aromatic carbocycles. The molecule has 1 aliphatic heterocycles. The van der Waals surface area contributed by atoms with Crippen molar-refractivity contribution in [1.82, 2.24) is 19.9 Å². The summed E-state index contributed by atoms with van der Waals surface area (Å²) in [6.07, 6.45) is 3.87. The first-order valence-corrected chi connectivity index (χ1v) is 9.95. The molecule has 31 heavy (non-hydrogen) atoms. The summed E-state index contributed by atoms with van der Waals surface area (Å²) in [6, 6.07) is 0. The SMILES string of the molecule is CCCC(=O)Nc1ncc(NC(C)=O)c(Nc2ncnc(N3CCOCC3)c2OC)n1. The molecule has 1 fully saturated rings. The fourth-order valence-electron chi connectivity index (χ4n) is 2.99. The first-order chi connectivity index (χ1) is 15.0. The van der Waals surface area contributed by atoms with Crippen LogP contribution in [-0.4, -0.2) is 65.2 Å². The van der Waals surface area contributed by atoms with E-state index in [4.69, 9.17) is 9.47 Å². The number of carbonyl (C=O) groups is 2. The molecule has 3 rings (SSSR count). The number of aromatic nitrogens is 4. The fourth-order valence-corrected chi connectivity index (χ4v) is 2.99. The lowest BCUT2D eigenvalue weighted by atomic mass is 10.3. The summed E-state index contributed by atoms with van der Waals surface area (Å²) in [5.41, 5.74) is 0.328. The standard InChI is InChI=1S/C19H26N8O4/c1-4-5-14(29)24-19-20-10-13(23-12(2)28)16(26-19)25-17-15(30-3)18(22-11-21-17)27-6-8-31-9-7-27/h10-11H,4-9H2,1-3H3,(H,23,28)(H2,20,21,22,24,25,26,29). The summed E-state index contributed by atoms with van der Waals surface area (Å²) in [4.78, 5) is 42.7. The van der Waals surface area contributed by atoms with Gasteiger partial charge in [-0.05, 0) is 6.42 Å². The normalized spacial score (nSPS) is 13.5. The second-order valence-corrected chi connectivity index (χ2v) is 6.74. The van der Waals surface area contributed by atoms with E-state index in [-0.39, 0.29) is 23.6 Å². The number of hydrogen-bond donors (Lipinski definition) is 3. The zero-order valence-corrected chi connectivity index (χ0v) is 17.8. The number of ether oxygens (including phenoxy) is 2. The minimum absolute atomic E-state index is 0.108. The monoisotopic (exact) mass is 430 g/mol. The predicted octanol–water partition coefficient (Wildman–Crippen LogP) is 1.55. The van der Waals surface area contributed by atoms with E-state index in [0.717, 1.165) is 0 Å². The van der Waals surface area contributed by atoms with Crippen LogP contribution < -0.4 is 25.6 Å². The largest absolute Gasteiger partial charge is 0.490 e. The Labute approximate surface area is 179 Å². The van der Waals surface area contributed by atoms with Gasteiger partial charge >= 0.3 is 0 Å². The summed E-state index contributed by atoms with van der Waals surface area (Å²) >= 11 is 0. The average molecular weight is 430 g/mol. The van der Waals surface area contributed by atoms with E-state index in [1.54, 1.807) is 0 Å². The Bertz CT molecular complexity index is 933. The van der Waals surface area contributed by atoms with E-state index in [1.165, 1.54) is 26.6 Å². The van der Waals surface area contributed by atoms with Crippen LogP contribution in [0.4, 0.5) is 29.1 Å². The van der Waals surface area contributed by atoms with Crippen LogP contribution in [0.25, 0.3) is 0 Å². The molecule has 12 heteroatoms. The number of rotatable bonds is 8. The molecule has 3 heterocycles. The molecule has 1 aliphatic rings. The van der Waals surface area contributed by atoms with Gasteiger partial charge in [-0.25, -0.2) is 15.0 Å². The number of nitrogens with one attached hydrogen (secondary N) is 3. The molecule has 12 nitrogen and oxygen atoms in total. The van der Waals surface area contributed by atoms with Crippen molar-refractivity contribution in [3.8, 4) is 5.75 Å². The van der Waals surface area contributed by atoms with Gasteiger partial charge < -0.3 is 25.0 Å². The number of amides is 2. The second kappa shape index (κ2) is 10.5. The Morgan fingerprint density at radius 1 is 1.16 bits per heavy atom. The van der Waals surface area contributed by atoms with Crippen LogP contribution in [0, 0.1) is 0 Å². The van der Waals surface area contributed by atoms with Crippen molar-refractivity contribution in [2.45, 2.75) is 26.7 Å². The van der Waals surface area contributed by atoms with E-state index < -0.39 is 0 Å². The summed E-state index contributed by atoms with van der Waals surface area (Å²) in [5, 5.41) is 8.38. The quantitative estimate of drug-likeness (QED) is 0.564. The summed E-state index contributed by atoms with van der Waals surface area (Å²) in [6.45, 7) is 5.81. The molecule has 0 aliphatic carbocycles. The first kappa shape index (κ1) is 22.2. The molecular formula is C19H26N8O4. The highest BCUT2D eigenvalue weighted by atomic mass is 16.5. The van der Waals surface area contributed by atoms with Crippen LogP contribution in [0.5, 0.6) is 5.75 Å². The Morgan fingerprint density at radius 2 is 1.94 bits per heavy atom. The van der Waals surface area contributed by atoms with Crippen LogP contribution in [-0.2, 0) is 14.3 Å². The molecule has 166 valence electrons. The number of morpholine rings is 1. The lowest BCUT2D eigenvalue weighted by molar-refractivity contribution is -0.116. The smallest absolute Gasteiger partial charge is 0.231 e. The van der Waals surface area contributed by atoms with Gasteiger partial charge in [-0.3, -0.25) is 14.9 Å². The van der Waals surface area contributed by atoms with Gasteiger partial charge in [0.2, 0.25) is 23.5 Å². The van der Waals surface area contributed by atoms with Crippen LogP contribution >= 0.6 is 0 Å². The Hall–Kier alpha value is -3.54. The Kier molecular flexibility index (Phi) is 7.49. The average Bonchev–Trinajstić information content (AvgIpc) is 2.76. The van der Waals surface area contributed by atoms with E-state index in [9.17, 15) is 9.59 Å². The van der Waals surface area contributed by atoms with E-state index in [2.05, 4.69) is 35.9 Å². The van der Waals surface area contributed by atoms with Crippen LogP contribution in [0.15, 0.2) is 12.5 Å². The zero-order valence-electron chi connectivity index (χ0n) is 17.8. The number of nitrogens with zero attached hydrogens (tertiary/aromatic N) is 5. The minimum Gasteiger partial charge on any atom is -0.490 e. The molecule has 2 aromatic rings. The van der Waals surface area contributed by atoms with Crippen molar-refractivity contribution >= 4 is 40.9 Å². The molecule has 0 unspecified atom stereocenters. The molecule has 2 aromatic heterocycles. The number of carbonyl (C=O) groups excluding carboxylic acids is 2. The van der Waals surface area contributed by atoms with E-state index in [0.29, 0.717) is 62.2 Å². The fraction of sp³-hybridized carbons (Fsp3) is 0.474. The summed E-state index contributed by atoms with van der Waals surface area (Å²) < 4.78 is 11.0. The minimum atomic E-state index is -0.293. The molecule has 0 atom stereocenters. The highest BCUT2D eigenvalue weighted by molar-refractivity contribution is 5.93. The van der Waals surface area contributed by atoms with Gasteiger partial charge in [-0.2, -0.15) is 4.98 Å². The van der Waals surface area contributed by atoms with Crippen LogP contribution in [0.1, 0.15) is 26.7 Å². The lowest BCUT2D eigenvalue weighted by Crippen LogP contribution is -2.37. The summed E-state index contributed by atoms with van der Waals surface area (Å²) in [7, 11) is 1.53. The molecule has 0 radical (unpaired) electrons. The van der Waals surface area contributed by atoms with Crippen molar-refractivity contribution in [2.24, 2.45) is 0 Å². The van der Waals surface area contributed by atoms with Gasteiger partial charge in [-0.15, -0.1) is 0 Å². The predicted molar refractivity (Wildman–Crippen MR) is 115 cm³/mol. The number of hydrogen-bond acceptors (Lipinski definition) is 10. The first-order valence-electron chi connectivity index (χ1n) is 9.95. The maximum atomic E-state index is 11.9. The Morgan fingerprint density at radius 3 is 2.61 bits per heavy atom. The second-order valence-electron chi connectivity index (χ2n) is 6.74. The number of anilines is 5. The van der Waals surface area contributed by atoms with Gasteiger partial charge in [0.15, 0.2) is 17.5 Å². The Balaban J connectivity index is 1.93. The highest BCUT2D eigenvalue weighted by Crippen LogP contribution is 2.35. The molecule has 0 bridgehead atoms. The van der Waals surface area contributed by atoms with Gasteiger partial charge in [0, 0.05) is 26.4 Å². The van der Waals surface area contributed by atoms with E-state index >= 15 is 0 Å². The third kappa shape index (κ3) is 5.75. The summed E-state index contributed by atoms with van der Waals surface area (Å²) in [5.74, 6) is 1.27. The molecule has 3 N–H and O–H groups in total. The van der Waals surface area contributed by atoms with Crippen molar-refractivity contribution in [3.63, 3.8) is 0 Å². The zero-order chi connectivity index (χ0) is 22.2. The molecular weight excluding hydrogens is 404 g/mol. The van der Waals surface area contributed by atoms with Crippen LogP contribution in [0.3, 0.4) is 0 Å². The van der Waals surface area contributed by atoms with Crippen molar-refractivity contribution in [2.75, 3.05) is 54.3 Å². The third-order valence-corrected chi connectivity index (χ3v) is 4.36. The van der Waals surface area contributed by atoms with Crippen molar-refractivity contribution < 1.29 is 19.1 Å². The topological polar surface area (TPSA) is 143 Å². The van der Waals surface area contributed by atoms with Crippen molar-refractivity contribution in [3.05, 3.63) is 12.5 Å². The molecule has 0 spiro atoms. The van der Waals surface area contributed by atoms with Crippen LogP contribution in [0.2, 0.25) is 0 Å². The maximum absolute atomic E-state index is 11.9. The van der Waals surface area contributed by atoms with Gasteiger partial charge in [0.05, 0.1) is 26.5 Å². The molecule has 1 saturated heterocycles. The number of methoxy groups -OCH3 is 1. The molecule has 0 saturated carbocycles. The highest BCUT2D eigenvalue weighted by Gasteiger charge is 2.22. The van der Waals surface area contributed by atoms with Gasteiger partial charge in [0.1, 0.15) is 12.0 Å². The third-order valence-electron chi connectivity index (χ3n) is 4.36. The molecule has 2 amide bonds. The van der Waals surface area contributed by atoms with Gasteiger partial charge in [0.25, 0.3) is 0 Å². The maximum Gasteiger partial charge on any atom is 0.231 e.